The van der Waals surface area contributed by atoms with Crippen molar-refractivity contribution in [3.63, 3.8) is 0 Å². The maximum absolute atomic E-state index is 12.1. The smallest absolute Gasteiger partial charge is 0.226 e. The summed E-state index contributed by atoms with van der Waals surface area (Å²) in [6.07, 6.45) is 1.03. The molecule has 0 aliphatic heterocycles. The third kappa shape index (κ3) is 6.27. The number of ether oxygens (including phenoxy) is 2. The molecule has 0 atom stereocenters. The number of amides is 2. The largest absolute Gasteiger partial charge is 0.493 e. The Morgan fingerprint density at radius 1 is 1.04 bits per heavy atom. The number of anilines is 1. The molecule has 150 valence electrons. The molecule has 0 saturated heterocycles. The third-order valence-electron chi connectivity index (χ3n) is 4.25. The lowest BCUT2D eigenvalue weighted by Crippen LogP contribution is -2.28. The average molecular weight is 449 g/mol. The minimum absolute atomic E-state index is 0.115. The fraction of sp³-hybridized carbons (Fsp3) is 0.333. The summed E-state index contributed by atoms with van der Waals surface area (Å²) in [5, 5.41) is 5.64. The Labute approximate surface area is 173 Å². The molecular weight excluding hydrogens is 424 g/mol. The van der Waals surface area contributed by atoms with Crippen LogP contribution in [0.15, 0.2) is 40.9 Å². The van der Waals surface area contributed by atoms with Crippen molar-refractivity contribution in [1.82, 2.24) is 5.32 Å². The molecule has 0 aromatic heterocycles. The van der Waals surface area contributed by atoms with E-state index in [4.69, 9.17) is 9.47 Å². The van der Waals surface area contributed by atoms with Crippen molar-refractivity contribution in [2.24, 2.45) is 0 Å². The van der Waals surface area contributed by atoms with Crippen molar-refractivity contribution in [1.29, 1.82) is 0 Å². The molecule has 2 aromatic carbocycles. The van der Waals surface area contributed by atoms with Gasteiger partial charge in [-0.05, 0) is 42.7 Å². The van der Waals surface area contributed by atoms with Gasteiger partial charge in [0.25, 0.3) is 0 Å². The second-order valence-electron chi connectivity index (χ2n) is 6.26. The molecule has 0 aliphatic rings. The van der Waals surface area contributed by atoms with Gasteiger partial charge in [0.2, 0.25) is 11.8 Å². The van der Waals surface area contributed by atoms with Gasteiger partial charge in [-0.3, -0.25) is 9.59 Å². The topological polar surface area (TPSA) is 76.7 Å². The number of aryl methyl sites for hydroxylation is 2. The molecule has 2 aromatic rings. The molecule has 0 unspecified atom stereocenters. The lowest BCUT2D eigenvalue weighted by molar-refractivity contribution is -0.121. The molecular formula is C21H25BrN2O4. The van der Waals surface area contributed by atoms with E-state index in [9.17, 15) is 9.59 Å². The number of carbonyl (C=O) groups is 2. The van der Waals surface area contributed by atoms with Gasteiger partial charge in [0.05, 0.1) is 14.2 Å². The second-order valence-corrected chi connectivity index (χ2v) is 7.18. The number of halogens is 1. The number of benzene rings is 2. The van der Waals surface area contributed by atoms with Gasteiger partial charge in [-0.15, -0.1) is 0 Å². The Morgan fingerprint density at radius 2 is 1.82 bits per heavy atom. The molecule has 7 heteroatoms. The third-order valence-corrected chi connectivity index (χ3v) is 4.75. The van der Waals surface area contributed by atoms with E-state index in [1.54, 1.807) is 14.2 Å². The van der Waals surface area contributed by atoms with E-state index in [0.717, 1.165) is 21.3 Å². The van der Waals surface area contributed by atoms with Gasteiger partial charge in [-0.2, -0.15) is 0 Å². The summed E-state index contributed by atoms with van der Waals surface area (Å²) in [5.74, 6) is 1.02. The summed E-state index contributed by atoms with van der Waals surface area (Å²) >= 11 is 3.39. The Hall–Kier alpha value is -2.54. The Bertz CT molecular complexity index is 839. The predicted octanol–water partition coefficient (Wildman–Crippen LogP) is 3.85. The molecule has 2 rings (SSSR count). The van der Waals surface area contributed by atoms with E-state index in [-0.39, 0.29) is 24.8 Å². The summed E-state index contributed by atoms with van der Waals surface area (Å²) in [7, 11) is 3.15. The predicted molar refractivity (Wildman–Crippen MR) is 113 cm³/mol. The molecule has 2 N–H and O–H groups in total. The minimum atomic E-state index is -0.143. The van der Waals surface area contributed by atoms with Gasteiger partial charge >= 0.3 is 0 Å². The molecule has 0 fully saturated rings. The zero-order valence-electron chi connectivity index (χ0n) is 16.3. The highest BCUT2D eigenvalue weighted by Gasteiger charge is 2.12. The lowest BCUT2D eigenvalue weighted by Gasteiger charge is -2.12. The van der Waals surface area contributed by atoms with Crippen molar-refractivity contribution in [3.8, 4) is 11.5 Å². The first-order valence-electron chi connectivity index (χ1n) is 8.97. The molecule has 28 heavy (non-hydrogen) atoms. The summed E-state index contributed by atoms with van der Waals surface area (Å²) in [6, 6.07) is 11.3. The van der Waals surface area contributed by atoms with E-state index in [0.29, 0.717) is 24.3 Å². The zero-order chi connectivity index (χ0) is 20.5. The van der Waals surface area contributed by atoms with Crippen LogP contribution >= 0.6 is 15.9 Å². The molecule has 0 aliphatic carbocycles. The molecule has 0 radical (unpaired) electrons. The van der Waals surface area contributed by atoms with E-state index in [2.05, 4.69) is 26.6 Å². The van der Waals surface area contributed by atoms with Gasteiger partial charge in [0.15, 0.2) is 11.5 Å². The van der Waals surface area contributed by atoms with Gasteiger partial charge in [0, 0.05) is 29.5 Å². The first-order chi connectivity index (χ1) is 13.4. The van der Waals surface area contributed by atoms with Crippen LogP contribution in [0.5, 0.6) is 11.5 Å². The molecule has 2 amide bonds. The van der Waals surface area contributed by atoms with Gasteiger partial charge in [0.1, 0.15) is 0 Å². The Kier molecular flexibility index (Phi) is 8.32. The molecule has 0 spiro atoms. The van der Waals surface area contributed by atoms with Crippen LogP contribution in [0.2, 0.25) is 0 Å². The fourth-order valence-corrected chi connectivity index (χ4v) is 3.11. The molecule has 0 bridgehead atoms. The van der Waals surface area contributed by atoms with Gasteiger partial charge in [-0.1, -0.05) is 34.1 Å². The fourth-order valence-electron chi connectivity index (χ4n) is 2.74. The van der Waals surface area contributed by atoms with Crippen LogP contribution in [-0.2, 0) is 16.0 Å². The van der Waals surface area contributed by atoms with Crippen molar-refractivity contribution in [3.05, 3.63) is 52.0 Å². The standard InChI is InChI=1S/C21H25BrN2O4/c1-14-7-9-16(22)13-17(14)24-20(26)11-12-23-19(25)10-8-15-5-4-6-18(27-2)21(15)28-3/h4-7,9,13H,8,10-12H2,1-3H3,(H,23,25)(H,24,26). The Morgan fingerprint density at radius 3 is 2.54 bits per heavy atom. The highest BCUT2D eigenvalue weighted by Crippen LogP contribution is 2.31. The van der Waals surface area contributed by atoms with E-state index in [1.165, 1.54) is 0 Å². The maximum Gasteiger partial charge on any atom is 0.226 e. The number of nitrogens with one attached hydrogen (secondary N) is 2. The van der Waals surface area contributed by atoms with Crippen LogP contribution in [0.4, 0.5) is 5.69 Å². The SMILES string of the molecule is COc1cccc(CCC(=O)NCCC(=O)Nc2cc(Br)ccc2C)c1OC. The van der Waals surface area contributed by atoms with Crippen LogP contribution in [-0.4, -0.2) is 32.6 Å². The number of carbonyl (C=O) groups excluding carboxylic acids is 2. The summed E-state index contributed by atoms with van der Waals surface area (Å²) < 4.78 is 11.5. The van der Waals surface area contributed by atoms with Crippen LogP contribution < -0.4 is 20.1 Å². The quantitative estimate of drug-likeness (QED) is 0.610. The summed E-state index contributed by atoms with van der Waals surface area (Å²) in [5.41, 5.74) is 2.64. The van der Waals surface area contributed by atoms with Crippen LogP contribution in [0.25, 0.3) is 0 Å². The van der Waals surface area contributed by atoms with E-state index < -0.39 is 0 Å². The molecule has 0 heterocycles. The van der Waals surface area contributed by atoms with E-state index >= 15 is 0 Å². The number of methoxy groups -OCH3 is 2. The molecule has 6 nitrogen and oxygen atoms in total. The number of rotatable bonds is 9. The van der Waals surface area contributed by atoms with Gasteiger partial charge < -0.3 is 20.1 Å². The highest BCUT2D eigenvalue weighted by molar-refractivity contribution is 9.10. The van der Waals surface area contributed by atoms with Crippen molar-refractivity contribution in [2.75, 3.05) is 26.1 Å². The zero-order valence-corrected chi connectivity index (χ0v) is 17.9. The number of para-hydroxylation sites is 1. The maximum atomic E-state index is 12.1. The normalized spacial score (nSPS) is 10.3. The summed E-state index contributed by atoms with van der Waals surface area (Å²) in [6.45, 7) is 2.21. The van der Waals surface area contributed by atoms with Crippen LogP contribution in [0.1, 0.15) is 24.0 Å². The first kappa shape index (κ1) is 21.8. The van der Waals surface area contributed by atoms with Gasteiger partial charge in [-0.25, -0.2) is 0 Å². The average Bonchev–Trinajstić information content (AvgIpc) is 2.68. The summed E-state index contributed by atoms with van der Waals surface area (Å²) in [4.78, 5) is 24.2. The lowest BCUT2D eigenvalue weighted by atomic mass is 10.1. The number of hydrogen-bond donors (Lipinski definition) is 2. The minimum Gasteiger partial charge on any atom is -0.493 e. The monoisotopic (exact) mass is 448 g/mol. The first-order valence-corrected chi connectivity index (χ1v) is 9.76. The van der Waals surface area contributed by atoms with Crippen molar-refractivity contribution in [2.45, 2.75) is 26.2 Å². The highest BCUT2D eigenvalue weighted by atomic mass is 79.9. The molecule has 0 saturated carbocycles. The second kappa shape index (κ2) is 10.7. The van der Waals surface area contributed by atoms with Crippen molar-refractivity contribution >= 4 is 33.4 Å². The van der Waals surface area contributed by atoms with Crippen LogP contribution in [0.3, 0.4) is 0 Å². The van der Waals surface area contributed by atoms with Crippen LogP contribution in [0, 0.1) is 6.92 Å². The number of hydrogen-bond acceptors (Lipinski definition) is 4. The van der Waals surface area contributed by atoms with Crippen molar-refractivity contribution < 1.29 is 19.1 Å². The Balaban J connectivity index is 1.77. The van der Waals surface area contributed by atoms with E-state index in [1.807, 2.05) is 43.3 Å².